The van der Waals surface area contributed by atoms with Crippen molar-refractivity contribution in [2.45, 2.75) is 45.1 Å². The van der Waals surface area contributed by atoms with Gasteiger partial charge in [0, 0.05) is 6.04 Å². The summed E-state index contributed by atoms with van der Waals surface area (Å²) in [6.45, 7) is 2.27. The quantitative estimate of drug-likeness (QED) is 0.850. The Bertz CT molecular complexity index is 392. The number of nitrogens with one attached hydrogen (secondary N) is 1. The number of rotatable bonds is 4. The predicted molar refractivity (Wildman–Crippen MR) is 73.3 cm³/mol. The molecule has 0 spiro atoms. The van der Waals surface area contributed by atoms with Gasteiger partial charge in [0.15, 0.2) is 16.7 Å². The molecular formula is C13H20ClN3O. The maximum atomic E-state index is 5.98. The van der Waals surface area contributed by atoms with E-state index in [2.05, 4.69) is 22.2 Å². The van der Waals surface area contributed by atoms with E-state index in [4.69, 9.17) is 16.3 Å². The van der Waals surface area contributed by atoms with Crippen molar-refractivity contribution in [3.05, 3.63) is 11.5 Å². The summed E-state index contributed by atoms with van der Waals surface area (Å²) in [5.74, 6) is 2.13. The van der Waals surface area contributed by atoms with E-state index in [9.17, 15) is 0 Å². The van der Waals surface area contributed by atoms with Gasteiger partial charge in [-0.15, -0.1) is 0 Å². The Hall–Kier alpha value is -1.03. The van der Waals surface area contributed by atoms with Crippen LogP contribution in [0.25, 0.3) is 0 Å². The topological polar surface area (TPSA) is 47.0 Å². The molecular weight excluding hydrogens is 250 g/mol. The molecule has 1 saturated carbocycles. The molecule has 100 valence electrons. The van der Waals surface area contributed by atoms with Crippen LogP contribution >= 0.6 is 11.6 Å². The van der Waals surface area contributed by atoms with Crippen LogP contribution in [0.15, 0.2) is 6.33 Å². The van der Waals surface area contributed by atoms with Gasteiger partial charge in [-0.05, 0) is 31.6 Å². The first kappa shape index (κ1) is 13.4. The van der Waals surface area contributed by atoms with Crippen LogP contribution in [0.1, 0.15) is 39.0 Å². The molecule has 4 nitrogen and oxygen atoms in total. The summed E-state index contributed by atoms with van der Waals surface area (Å²) in [5, 5.41) is 3.78. The summed E-state index contributed by atoms with van der Waals surface area (Å²) < 4.78 is 5.24. The van der Waals surface area contributed by atoms with E-state index in [1.54, 1.807) is 7.11 Å². The molecule has 0 radical (unpaired) electrons. The van der Waals surface area contributed by atoms with Gasteiger partial charge in [-0.3, -0.25) is 0 Å². The molecule has 18 heavy (non-hydrogen) atoms. The van der Waals surface area contributed by atoms with Gasteiger partial charge < -0.3 is 10.1 Å². The average Bonchev–Trinajstić information content (AvgIpc) is 2.40. The lowest BCUT2D eigenvalue weighted by Crippen LogP contribution is -2.26. The third kappa shape index (κ3) is 3.05. The molecule has 0 saturated heterocycles. The number of hydrogen-bond donors (Lipinski definition) is 1. The van der Waals surface area contributed by atoms with Gasteiger partial charge in [-0.2, -0.15) is 0 Å². The van der Waals surface area contributed by atoms with Gasteiger partial charge in [0.2, 0.25) is 0 Å². The van der Waals surface area contributed by atoms with Crippen molar-refractivity contribution >= 4 is 17.4 Å². The van der Waals surface area contributed by atoms with Crippen molar-refractivity contribution in [1.29, 1.82) is 0 Å². The minimum Gasteiger partial charge on any atom is -0.490 e. The zero-order valence-corrected chi connectivity index (χ0v) is 11.7. The van der Waals surface area contributed by atoms with Crippen molar-refractivity contribution < 1.29 is 4.74 Å². The summed E-state index contributed by atoms with van der Waals surface area (Å²) in [5.41, 5.74) is 0. The van der Waals surface area contributed by atoms with Crippen LogP contribution in [0, 0.1) is 5.92 Å². The van der Waals surface area contributed by atoms with Crippen molar-refractivity contribution in [3.8, 4) is 5.75 Å². The first-order valence-corrected chi connectivity index (χ1v) is 6.93. The third-order valence-electron chi connectivity index (χ3n) is 3.73. The molecule has 1 aromatic heterocycles. The Kier molecular flexibility index (Phi) is 4.64. The number of aromatic nitrogens is 2. The molecule has 2 rings (SSSR count). The highest BCUT2D eigenvalue weighted by molar-refractivity contribution is 6.31. The van der Waals surface area contributed by atoms with Crippen LogP contribution in [0.3, 0.4) is 0 Å². The lowest BCUT2D eigenvalue weighted by Gasteiger charge is -2.29. The molecule has 0 amide bonds. The highest BCUT2D eigenvalue weighted by Gasteiger charge is 2.21. The number of hydrogen-bond acceptors (Lipinski definition) is 4. The van der Waals surface area contributed by atoms with E-state index in [-0.39, 0.29) is 0 Å². The van der Waals surface area contributed by atoms with Crippen molar-refractivity contribution in [2.24, 2.45) is 5.92 Å². The van der Waals surface area contributed by atoms with Gasteiger partial charge in [-0.25, -0.2) is 9.97 Å². The molecule has 0 aliphatic heterocycles. The van der Waals surface area contributed by atoms with E-state index in [1.807, 2.05) is 0 Å². The van der Waals surface area contributed by atoms with E-state index in [1.165, 1.54) is 38.4 Å². The lowest BCUT2D eigenvalue weighted by atomic mass is 9.84. The van der Waals surface area contributed by atoms with Gasteiger partial charge in [-0.1, -0.05) is 24.9 Å². The van der Waals surface area contributed by atoms with Gasteiger partial charge in [0.25, 0.3) is 0 Å². The highest BCUT2D eigenvalue weighted by atomic mass is 35.5. The van der Waals surface area contributed by atoms with Crippen LogP contribution in [-0.2, 0) is 0 Å². The molecule has 1 aliphatic carbocycles. The van der Waals surface area contributed by atoms with E-state index < -0.39 is 0 Å². The van der Waals surface area contributed by atoms with Gasteiger partial charge in [0.05, 0.1) is 7.11 Å². The normalized spacial score (nSPS) is 23.7. The summed E-state index contributed by atoms with van der Waals surface area (Å²) in [4.78, 5) is 8.13. The van der Waals surface area contributed by atoms with Crippen LogP contribution in [0.2, 0.25) is 5.15 Å². The number of anilines is 1. The first-order chi connectivity index (χ1) is 8.74. The van der Waals surface area contributed by atoms with E-state index in [0.717, 1.165) is 5.92 Å². The molecule has 1 aromatic rings. The largest absolute Gasteiger partial charge is 0.490 e. The van der Waals surface area contributed by atoms with Gasteiger partial charge >= 0.3 is 0 Å². The molecule has 1 fully saturated rings. The van der Waals surface area contributed by atoms with Crippen LogP contribution < -0.4 is 10.1 Å². The Morgan fingerprint density at radius 3 is 2.67 bits per heavy atom. The monoisotopic (exact) mass is 269 g/mol. The molecule has 5 heteroatoms. The molecule has 0 bridgehead atoms. The summed E-state index contributed by atoms with van der Waals surface area (Å²) in [7, 11) is 1.59. The van der Waals surface area contributed by atoms with Crippen molar-refractivity contribution in [3.63, 3.8) is 0 Å². The minimum absolute atomic E-state index is 0.359. The fraction of sp³-hybridized carbons (Fsp3) is 0.692. The molecule has 0 atom stereocenters. The van der Waals surface area contributed by atoms with E-state index >= 15 is 0 Å². The average molecular weight is 270 g/mol. The summed E-state index contributed by atoms with van der Waals surface area (Å²) >= 11 is 5.98. The summed E-state index contributed by atoms with van der Waals surface area (Å²) in [6.07, 6.45) is 7.69. The number of methoxy groups -OCH3 is 1. The zero-order chi connectivity index (χ0) is 13.0. The Morgan fingerprint density at radius 1 is 1.33 bits per heavy atom. The number of halogens is 1. The summed E-state index contributed by atoms with van der Waals surface area (Å²) in [6, 6.07) is 0.465. The SMILES string of the molecule is CCC1CCC(Nc2ncnc(Cl)c2OC)CC1. The molecule has 0 unspecified atom stereocenters. The van der Waals surface area contributed by atoms with Crippen molar-refractivity contribution in [2.75, 3.05) is 12.4 Å². The Balaban J connectivity index is 2.00. The minimum atomic E-state index is 0.359. The molecule has 1 aliphatic rings. The fourth-order valence-electron chi connectivity index (χ4n) is 2.54. The number of ether oxygens (including phenoxy) is 1. The third-order valence-corrected chi connectivity index (χ3v) is 4.00. The second-order valence-electron chi connectivity index (χ2n) is 4.82. The first-order valence-electron chi connectivity index (χ1n) is 6.55. The van der Waals surface area contributed by atoms with Crippen LogP contribution in [0.5, 0.6) is 5.75 Å². The Labute approximate surface area is 113 Å². The zero-order valence-electron chi connectivity index (χ0n) is 10.9. The molecule has 1 heterocycles. The second kappa shape index (κ2) is 6.23. The van der Waals surface area contributed by atoms with Crippen LogP contribution in [0.4, 0.5) is 5.82 Å². The highest BCUT2D eigenvalue weighted by Crippen LogP contribution is 2.32. The van der Waals surface area contributed by atoms with E-state index in [0.29, 0.717) is 22.8 Å². The smallest absolute Gasteiger partial charge is 0.198 e. The maximum Gasteiger partial charge on any atom is 0.198 e. The number of nitrogens with zero attached hydrogens (tertiary/aromatic N) is 2. The van der Waals surface area contributed by atoms with Gasteiger partial charge in [0.1, 0.15) is 6.33 Å². The van der Waals surface area contributed by atoms with Crippen LogP contribution in [-0.4, -0.2) is 23.1 Å². The Morgan fingerprint density at radius 2 is 2.06 bits per heavy atom. The fourth-order valence-corrected chi connectivity index (χ4v) is 2.75. The molecule has 0 aromatic carbocycles. The maximum absolute atomic E-state index is 5.98. The second-order valence-corrected chi connectivity index (χ2v) is 5.17. The standard InChI is InChI=1S/C13H20ClN3O/c1-3-9-4-6-10(7-5-9)17-13-11(18-2)12(14)15-8-16-13/h8-10H,3-7H2,1-2H3,(H,15,16,17). The predicted octanol–water partition coefficient (Wildman–Crippen LogP) is 3.52. The molecule has 1 N–H and O–H groups in total. The van der Waals surface area contributed by atoms with Crippen molar-refractivity contribution in [1.82, 2.24) is 9.97 Å². The lowest BCUT2D eigenvalue weighted by molar-refractivity contribution is 0.328.